The second-order valence-electron chi connectivity index (χ2n) is 5.29. The predicted octanol–water partition coefficient (Wildman–Crippen LogP) is 2.90. The zero-order valence-electron chi connectivity index (χ0n) is 10.7. The van der Waals surface area contributed by atoms with Gasteiger partial charge in [-0.2, -0.15) is 5.10 Å². The fourth-order valence-electron chi connectivity index (χ4n) is 1.81. The van der Waals surface area contributed by atoms with Crippen molar-refractivity contribution in [3.05, 3.63) is 29.3 Å². The van der Waals surface area contributed by atoms with Crippen LogP contribution in [-0.2, 0) is 11.8 Å². The van der Waals surface area contributed by atoms with Gasteiger partial charge in [0.05, 0.1) is 28.8 Å². The standard InChI is InChI=1S/C13H19N3/c1-6-10-11-7-12(13(3,4)5)15-16(11)8-9(2)14-10/h7-8H,6H2,1-5H3. The maximum absolute atomic E-state index is 4.63. The van der Waals surface area contributed by atoms with Gasteiger partial charge in [-0.25, -0.2) is 4.52 Å². The van der Waals surface area contributed by atoms with E-state index < -0.39 is 0 Å². The number of aromatic nitrogens is 3. The Labute approximate surface area is 96.5 Å². The zero-order valence-corrected chi connectivity index (χ0v) is 10.7. The normalized spacial score (nSPS) is 12.3. The summed E-state index contributed by atoms with van der Waals surface area (Å²) in [4.78, 5) is 4.55. The summed E-state index contributed by atoms with van der Waals surface area (Å²) in [5.41, 5.74) is 4.49. The summed E-state index contributed by atoms with van der Waals surface area (Å²) in [5.74, 6) is 0. The Balaban J connectivity index is 2.70. The fraction of sp³-hybridized carbons (Fsp3) is 0.538. The van der Waals surface area contributed by atoms with E-state index in [9.17, 15) is 0 Å². The molecule has 2 aromatic rings. The van der Waals surface area contributed by atoms with Crippen LogP contribution < -0.4 is 0 Å². The van der Waals surface area contributed by atoms with Gasteiger partial charge in [-0.3, -0.25) is 4.98 Å². The van der Waals surface area contributed by atoms with E-state index in [1.807, 2.05) is 17.6 Å². The van der Waals surface area contributed by atoms with Crippen molar-refractivity contribution in [2.45, 2.75) is 46.5 Å². The quantitative estimate of drug-likeness (QED) is 0.735. The first-order valence-corrected chi connectivity index (χ1v) is 5.78. The molecule has 0 amide bonds. The Kier molecular flexibility index (Phi) is 2.49. The number of fused-ring (bicyclic) bond motifs is 1. The van der Waals surface area contributed by atoms with Gasteiger partial charge in [0, 0.05) is 5.41 Å². The van der Waals surface area contributed by atoms with Crippen LogP contribution in [-0.4, -0.2) is 14.6 Å². The second kappa shape index (κ2) is 3.58. The number of hydrogen-bond donors (Lipinski definition) is 0. The van der Waals surface area contributed by atoms with Crippen molar-refractivity contribution in [3.63, 3.8) is 0 Å². The molecule has 2 aromatic heterocycles. The average Bonchev–Trinajstić information content (AvgIpc) is 2.59. The molecule has 0 bridgehead atoms. The summed E-state index contributed by atoms with van der Waals surface area (Å²) >= 11 is 0. The van der Waals surface area contributed by atoms with Gasteiger partial charge in [-0.05, 0) is 19.4 Å². The molecule has 0 N–H and O–H groups in total. The molecule has 3 nitrogen and oxygen atoms in total. The third kappa shape index (κ3) is 1.82. The Morgan fingerprint density at radius 2 is 2.00 bits per heavy atom. The largest absolute Gasteiger partial charge is 0.254 e. The molecule has 0 radical (unpaired) electrons. The fourth-order valence-corrected chi connectivity index (χ4v) is 1.81. The van der Waals surface area contributed by atoms with E-state index in [0.29, 0.717) is 0 Å². The van der Waals surface area contributed by atoms with Crippen LogP contribution in [0.15, 0.2) is 12.3 Å². The van der Waals surface area contributed by atoms with E-state index in [4.69, 9.17) is 0 Å². The van der Waals surface area contributed by atoms with Gasteiger partial charge in [0.15, 0.2) is 0 Å². The maximum atomic E-state index is 4.63. The van der Waals surface area contributed by atoms with Crippen molar-refractivity contribution in [1.29, 1.82) is 0 Å². The van der Waals surface area contributed by atoms with Gasteiger partial charge in [0.25, 0.3) is 0 Å². The molecule has 0 fully saturated rings. The maximum Gasteiger partial charge on any atom is 0.0880 e. The third-order valence-electron chi connectivity index (χ3n) is 2.76. The molecule has 2 heterocycles. The van der Waals surface area contributed by atoms with Gasteiger partial charge in [0.1, 0.15) is 0 Å². The van der Waals surface area contributed by atoms with Crippen LogP contribution in [0.3, 0.4) is 0 Å². The highest BCUT2D eigenvalue weighted by Crippen LogP contribution is 2.23. The molecule has 0 aliphatic heterocycles. The van der Waals surface area contributed by atoms with Crippen LogP contribution in [0.25, 0.3) is 5.52 Å². The van der Waals surface area contributed by atoms with E-state index in [-0.39, 0.29) is 5.41 Å². The second-order valence-corrected chi connectivity index (χ2v) is 5.29. The lowest BCUT2D eigenvalue weighted by molar-refractivity contribution is 0.562. The van der Waals surface area contributed by atoms with Crippen LogP contribution in [0.1, 0.15) is 44.8 Å². The van der Waals surface area contributed by atoms with Crippen LogP contribution in [0, 0.1) is 6.92 Å². The Hall–Kier alpha value is -1.38. The number of rotatable bonds is 1. The van der Waals surface area contributed by atoms with Crippen LogP contribution in [0.2, 0.25) is 0 Å². The highest BCUT2D eigenvalue weighted by atomic mass is 15.2. The van der Waals surface area contributed by atoms with Gasteiger partial charge in [0.2, 0.25) is 0 Å². The molecule has 0 atom stereocenters. The summed E-state index contributed by atoms with van der Waals surface area (Å²) < 4.78 is 1.96. The number of hydrogen-bond acceptors (Lipinski definition) is 2. The molecular weight excluding hydrogens is 198 g/mol. The summed E-state index contributed by atoms with van der Waals surface area (Å²) in [6, 6.07) is 2.16. The third-order valence-corrected chi connectivity index (χ3v) is 2.76. The Morgan fingerprint density at radius 1 is 1.31 bits per heavy atom. The molecule has 0 aromatic carbocycles. The average molecular weight is 217 g/mol. The molecule has 0 aliphatic carbocycles. The van der Waals surface area contributed by atoms with Crippen molar-refractivity contribution in [1.82, 2.24) is 14.6 Å². The molecule has 0 saturated carbocycles. The van der Waals surface area contributed by atoms with Crippen molar-refractivity contribution < 1.29 is 0 Å². The molecule has 0 aliphatic rings. The lowest BCUT2D eigenvalue weighted by Gasteiger charge is -2.13. The minimum atomic E-state index is 0.0882. The summed E-state index contributed by atoms with van der Waals surface area (Å²) in [5, 5.41) is 4.63. The first-order valence-electron chi connectivity index (χ1n) is 5.78. The summed E-state index contributed by atoms with van der Waals surface area (Å²) in [6.07, 6.45) is 2.93. The van der Waals surface area contributed by atoms with Crippen molar-refractivity contribution in [2.75, 3.05) is 0 Å². The summed E-state index contributed by atoms with van der Waals surface area (Å²) in [6.45, 7) is 10.7. The number of aryl methyl sites for hydroxylation is 2. The van der Waals surface area contributed by atoms with E-state index in [2.05, 4.69) is 43.8 Å². The molecule has 16 heavy (non-hydrogen) atoms. The molecular formula is C13H19N3. The first kappa shape index (κ1) is 11.1. The monoisotopic (exact) mass is 217 g/mol. The summed E-state index contributed by atoms with van der Waals surface area (Å²) in [7, 11) is 0. The molecule has 0 spiro atoms. The van der Waals surface area contributed by atoms with Gasteiger partial charge in [-0.15, -0.1) is 0 Å². The van der Waals surface area contributed by atoms with E-state index in [1.165, 1.54) is 0 Å². The van der Waals surface area contributed by atoms with Crippen LogP contribution in [0.4, 0.5) is 0 Å². The van der Waals surface area contributed by atoms with Crippen molar-refractivity contribution >= 4 is 5.52 Å². The minimum absolute atomic E-state index is 0.0882. The lowest BCUT2D eigenvalue weighted by Crippen LogP contribution is -2.11. The van der Waals surface area contributed by atoms with E-state index >= 15 is 0 Å². The molecule has 0 unspecified atom stereocenters. The molecule has 0 saturated heterocycles. The topological polar surface area (TPSA) is 30.2 Å². The van der Waals surface area contributed by atoms with E-state index in [0.717, 1.165) is 29.0 Å². The lowest BCUT2D eigenvalue weighted by atomic mass is 9.92. The highest BCUT2D eigenvalue weighted by molar-refractivity contribution is 5.53. The molecule has 3 heteroatoms. The van der Waals surface area contributed by atoms with E-state index in [1.54, 1.807) is 0 Å². The number of nitrogens with zero attached hydrogens (tertiary/aromatic N) is 3. The first-order chi connectivity index (χ1) is 7.41. The van der Waals surface area contributed by atoms with Crippen molar-refractivity contribution in [2.24, 2.45) is 0 Å². The smallest absolute Gasteiger partial charge is 0.0880 e. The van der Waals surface area contributed by atoms with Crippen LogP contribution in [0.5, 0.6) is 0 Å². The van der Waals surface area contributed by atoms with Gasteiger partial charge >= 0.3 is 0 Å². The minimum Gasteiger partial charge on any atom is -0.254 e. The van der Waals surface area contributed by atoms with Crippen LogP contribution >= 0.6 is 0 Å². The van der Waals surface area contributed by atoms with Crippen molar-refractivity contribution in [3.8, 4) is 0 Å². The zero-order chi connectivity index (χ0) is 11.9. The predicted molar refractivity (Wildman–Crippen MR) is 65.8 cm³/mol. The SMILES string of the molecule is CCc1nc(C)cn2nc(C(C)(C)C)cc12. The Morgan fingerprint density at radius 3 is 2.56 bits per heavy atom. The highest BCUT2D eigenvalue weighted by Gasteiger charge is 2.18. The molecule has 2 rings (SSSR count). The molecule has 86 valence electrons. The Bertz CT molecular complexity index is 518. The van der Waals surface area contributed by atoms with Gasteiger partial charge < -0.3 is 0 Å². The van der Waals surface area contributed by atoms with Gasteiger partial charge in [-0.1, -0.05) is 27.7 Å².